The molecule has 6 nitrogen and oxygen atoms in total. The molecule has 1 saturated heterocycles. The Bertz CT molecular complexity index is 704. The number of hydrogen-bond donors (Lipinski definition) is 0. The monoisotopic (exact) mass is 328 g/mol. The van der Waals surface area contributed by atoms with E-state index >= 15 is 0 Å². The van der Waals surface area contributed by atoms with Gasteiger partial charge in [-0.25, -0.2) is 0 Å². The number of ether oxygens (including phenoxy) is 1. The maximum Gasteiger partial charge on any atom is 0.289 e. The number of piperazine rings is 1. The van der Waals surface area contributed by atoms with Gasteiger partial charge < -0.3 is 19.0 Å². The Morgan fingerprint density at radius 3 is 2.38 bits per heavy atom. The quantitative estimate of drug-likeness (QED) is 0.864. The van der Waals surface area contributed by atoms with Gasteiger partial charge in [-0.1, -0.05) is 6.07 Å². The van der Waals surface area contributed by atoms with Crippen LogP contribution in [0.15, 0.2) is 47.1 Å². The SMILES string of the molecule is CCOc1cccc(C(=O)N2CCN(C(=O)c3ccco3)CC2)c1. The first-order valence-corrected chi connectivity index (χ1v) is 8.04. The average molecular weight is 328 g/mol. The Morgan fingerprint density at radius 2 is 1.75 bits per heavy atom. The standard InChI is InChI=1S/C18H20N2O4/c1-2-23-15-6-3-5-14(13-15)17(21)19-8-10-20(11-9-19)18(22)16-7-4-12-24-16/h3-7,12-13H,2,8-11H2,1H3. The van der Waals surface area contributed by atoms with Crippen LogP contribution in [0.1, 0.15) is 27.8 Å². The first-order chi connectivity index (χ1) is 11.7. The zero-order valence-corrected chi connectivity index (χ0v) is 13.6. The minimum absolute atomic E-state index is 0.0401. The molecule has 0 N–H and O–H groups in total. The lowest BCUT2D eigenvalue weighted by atomic mass is 10.1. The summed E-state index contributed by atoms with van der Waals surface area (Å²) in [6, 6.07) is 10.5. The van der Waals surface area contributed by atoms with Crippen molar-refractivity contribution in [2.75, 3.05) is 32.8 Å². The third kappa shape index (κ3) is 3.42. The third-order valence-corrected chi connectivity index (χ3v) is 3.98. The molecule has 2 heterocycles. The van der Waals surface area contributed by atoms with E-state index in [1.807, 2.05) is 19.1 Å². The number of benzene rings is 1. The van der Waals surface area contributed by atoms with Gasteiger partial charge in [0.15, 0.2) is 5.76 Å². The summed E-state index contributed by atoms with van der Waals surface area (Å²) in [5, 5.41) is 0. The molecular weight excluding hydrogens is 308 g/mol. The minimum atomic E-state index is -0.134. The van der Waals surface area contributed by atoms with Crippen molar-refractivity contribution in [1.29, 1.82) is 0 Å². The number of carbonyl (C=O) groups is 2. The van der Waals surface area contributed by atoms with Crippen molar-refractivity contribution in [3.63, 3.8) is 0 Å². The van der Waals surface area contributed by atoms with Gasteiger partial charge in [0, 0.05) is 31.7 Å². The molecule has 6 heteroatoms. The fourth-order valence-corrected chi connectivity index (χ4v) is 2.74. The molecule has 0 radical (unpaired) electrons. The topological polar surface area (TPSA) is 63.0 Å². The second kappa shape index (κ2) is 7.21. The summed E-state index contributed by atoms with van der Waals surface area (Å²) in [7, 11) is 0. The molecule has 126 valence electrons. The lowest BCUT2D eigenvalue weighted by molar-refractivity contribution is 0.0518. The highest BCUT2D eigenvalue weighted by molar-refractivity contribution is 5.95. The molecule has 0 atom stereocenters. The van der Waals surface area contributed by atoms with Crippen LogP contribution in [0.5, 0.6) is 5.75 Å². The molecule has 1 fully saturated rings. The molecule has 24 heavy (non-hydrogen) atoms. The number of rotatable bonds is 4. The molecule has 1 aliphatic rings. The summed E-state index contributed by atoms with van der Waals surface area (Å²) in [4.78, 5) is 28.3. The number of carbonyl (C=O) groups excluding carboxylic acids is 2. The molecule has 0 saturated carbocycles. The highest BCUT2D eigenvalue weighted by Crippen LogP contribution is 2.17. The van der Waals surface area contributed by atoms with Gasteiger partial charge in [0.2, 0.25) is 0 Å². The van der Waals surface area contributed by atoms with E-state index in [2.05, 4.69) is 0 Å². The molecule has 0 aliphatic carbocycles. The molecule has 0 unspecified atom stereocenters. The Hall–Kier alpha value is -2.76. The van der Waals surface area contributed by atoms with E-state index in [-0.39, 0.29) is 11.8 Å². The van der Waals surface area contributed by atoms with Crippen LogP contribution < -0.4 is 4.74 Å². The maximum atomic E-state index is 12.6. The molecular formula is C18H20N2O4. The highest BCUT2D eigenvalue weighted by Gasteiger charge is 2.26. The van der Waals surface area contributed by atoms with Crippen LogP contribution >= 0.6 is 0 Å². The van der Waals surface area contributed by atoms with Crippen molar-refractivity contribution in [2.24, 2.45) is 0 Å². The number of amides is 2. The average Bonchev–Trinajstić information content (AvgIpc) is 3.16. The van der Waals surface area contributed by atoms with Gasteiger partial charge in [-0.2, -0.15) is 0 Å². The van der Waals surface area contributed by atoms with E-state index in [0.717, 1.165) is 0 Å². The van der Waals surface area contributed by atoms with Crippen molar-refractivity contribution >= 4 is 11.8 Å². The predicted molar refractivity (Wildman–Crippen MR) is 88.1 cm³/mol. The van der Waals surface area contributed by atoms with Gasteiger partial charge in [-0.05, 0) is 37.3 Å². The molecule has 3 rings (SSSR count). The van der Waals surface area contributed by atoms with Crippen LogP contribution in [0, 0.1) is 0 Å². The van der Waals surface area contributed by atoms with Gasteiger partial charge in [0.25, 0.3) is 11.8 Å². The van der Waals surface area contributed by atoms with Gasteiger partial charge in [0.1, 0.15) is 5.75 Å². The Kier molecular flexibility index (Phi) is 4.84. The normalized spacial score (nSPS) is 14.5. The number of nitrogens with zero attached hydrogens (tertiary/aromatic N) is 2. The zero-order valence-electron chi connectivity index (χ0n) is 13.6. The molecule has 1 aliphatic heterocycles. The lowest BCUT2D eigenvalue weighted by Crippen LogP contribution is -2.50. The van der Waals surface area contributed by atoms with E-state index in [9.17, 15) is 9.59 Å². The van der Waals surface area contributed by atoms with Crippen molar-refractivity contribution in [2.45, 2.75) is 6.92 Å². The molecule has 1 aromatic carbocycles. The van der Waals surface area contributed by atoms with Crippen LogP contribution in [0.2, 0.25) is 0 Å². The van der Waals surface area contributed by atoms with Gasteiger partial charge in [0.05, 0.1) is 12.9 Å². The van der Waals surface area contributed by atoms with Crippen LogP contribution in [0.3, 0.4) is 0 Å². The maximum absolute atomic E-state index is 12.6. The van der Waals surface area contributed by atoms with Crippen molar-refractivity contribution in [3.05, 3.63) is 54.0 Å². The highest BCUT2D eigenvalue weighted by atomic mass is 16.5. The summed E-state index contributed by atoms with van der Waals surface area (Å²) >= 11 is 0. The first kappa shape index (κ1) is 16.1. The van der Waals surface area contributed by atoms with E-state index in [1.54, 1.807) is 34.1 Å². The molecule has 2 aromatic rings. The first-order valence-electron chi connectivity index (χ1n) is 8.04. The third-order valence-electron chi connectivity index (χ3n) is 3.98. The van der Waals surface area contributed by atoms with Crippen LogP contribution in [-0.4, -0.2) is 54.4 Å². The van der Waals surface area contributed by atoms with Crippen LogP contribution in [-0.2, 0) is 0 Å². The Labute approximate surface area is 140 Å². The second-order valence-corrected chi connectivity index (χ2v) is 5.52. The summed E-state index contributed by atoms with van der Waals surface area (Å²) in [6.07, 6.45) is 1.48. The second-order valence-electron chi connectivity index (χ2n) is 5.52. The summed E-state index contributed by atoms with van der Waals surface area (Å²) in [6.45, 7) is 4.47. The zero-order chi connectivity index (χ0) is 16.9. The molecule has 2 amide bonds. The molecule has 0 bridgehead atoms. The van der Waals surface area contributed by atoms with Gasteiger partial charge in [-0.3, -0.25) is 9.59 Å². The summed E-state index contributed by atoms with van der Waals surface area (Å²) < 4.78 is 10.6. The van der Waals surface area contributed by atoms with E-state index in [0.29, 0.717) is 49.9 Å². The lowest BCUT2D eigenvalue weighted by Gasteiger charge is -2.34. The van der Waals surface area contributed by atoms with Crippen molar-refractivity contribution in [1.82, 2.24) is 9.80 Å². The fraction of sp³-hybridized carbons (Fsp3) is 0.333. The summed E-state index contributed by atoms with van der Waals surface area (Å²) in [5.41, 5.74) is 0.603. The molecule has 0 spiro atoms. The van der Waals surface area contributed by atoms with E-state index in [4.69, 9.17) is 9.15 Å². The van der Waals surface area contributed by atoms with Crippen molar-refractivity contribution < 1.29 is 18.7 Å². The predicted octanol–water partition coefficient (Wildman–Crippen LogP) is 2.28. The van der Waals surface area contributed by atoms with Crippen molar-refractivity contribution in [3.8, 4) is 5.75 Å². The van der Waals surface area contributed by atoms with Crippen LogP contribution in [0.25, 0.3) is 0 Å². The van der Waals surface area contributed by atoms with Gasteiger partial charge >= 0.3 is 0 Å². The smallest absolute Gasteiger partial charge is 0.289 e. The minimum Gasteiger partial charge on any atom is -0.494 e. The van der Waals surface area contributed by atoms with E-state index < -0.39 is 0 Å². The van der Waals surface area contributed by atoms with Crippen LogP contribution in [0.4, 0.5) is 0 Å². The van der Waals surface area contributed by atoms with E-state index in [1.165, 1.54) is 6.26 Å². The molecule has 1 aromatic heterocycles. The largest absolute Gasteiger partial charge is 0.494 e. The Balaban J connectivity index is 1.61. The number of hydrogen-bond acceptors (Lipinski definition) is 4. The van der Waals surface area contributed by atoms with Gasteiger partial charge in [-0.15, -0.1) is 0 Å². The number of furan rings is 1. The summed E-state index contributed by atoms with van der Waals surface area (Å²) in [5.74, 6) is 0.848. The fourth-order valence-electron chi connectivity index (χ4n) is 2.74. The Morgan fingerprint density at radius 1 is 1.04 bits per heavy atom.